The Balaban J connectivity index is 2.26. The Morgan fingerprint density at radius 2 is 1.80 bits per heavy atom. The number of nitrogens with zero attached hydrogens (tertiary/aromatic N) is 1. The van der Waals surface area contributed by atoms with Crippen molar-refractivity contribution in [2.45, 2.75) is 11.8 Å². The molecule has 0 fully saturated rings. The third-order valence-electron chi connectivity index (χ3n) is 3.19. The second-order valence-corrected chi connectivity index (χ2v) is 6.39. The molecule has 0 saturated heterocycles. The Kier molecular flexibility index (Phi) is 2.87. The molecule has 5 heteroatoms. The second kappa shape index (κ2) is 4.45. The average molecular weight is 289 g/mol. The van der Waals surface area contributed by atoms with Gasteiger partial charge < -0.3 is 0 Å². The van der Waals surface area contributed by atoms with E-state index in [1.807, 2.05) is 12.1 Å². The van der Waals surface area contributed by atoms with Crippen molar-refractivity contribution >= 4 is 20.9 Å². The Morgan fingerprint density at radius 3 is 2.55 bits per heavy atom. The molecule has 0 aliphatic carbocycles. The molecule has 2 aromatic carbocycles. The van der Waals surface area contributed by atoms with Gasteiger partial charge in [-0.1, -0.05) is 24.3 Å². The SMILES string of the molecule is Cc1ccc(S(=O)(=O)n2ccc3ccccc32)c(F)c1. The van der Waals surface area contributed by atoms with E-state index >= 15 is 0 Å². The van der Waals surface area contributed by atoms with Gasteiger partial charge in [0.05, 0.1) is 5.52 Å². The first-order valence-corrected chi connectivity index (χ1v) is 7.52. The first-order valence-electron chi connectivity index (χ1n) is 6.08. The fraction of sp³-hybridized carbons (Fsp3) is 0.0667. The maximum absolute atomic E-state index is 13.9. The average Bonchev–Trinajstić information content (AvgIpc) is 2.82. The van der Waals surface area contributed by atoms with Gasteiger partial charge in [-0.2, -0.15) is 0 Å². The number of aryl methyl sites for hydroxylation is 1. The molecule has 0 N–H and O–H groups in total. The molecule has 0 aliphatic rings. The van der Waals surface area contributed by atoms with Crippen LogP contribution in [0.5, 0.6) is 0 Å². The standard InChI is InChI=1S/C15H12FNO2S/c1-11-6-7-15(13(16)10-11)20(18,19)17-9-8-12-4-2-3-5-14(12)17/h2-10H,1H3. The van der Waals surface area contributed by atoms with Gasteiger partial charge in [0.15, 0.2) is 0 Å². The molecule has 0 amide bonds. The van der Waals surface area contributed by atoms with Crippen LogP contribution in [0, 0.1) is 12.7 Å². The summed E-state index contributed by atoms with van der Waals surface area (Å²) >= 11 is 0. The number of hydrogen-bond acceptors (Lipinski definition) is 2. The molecule has 0 saturated carbocycles. The van der Waals surface area contributed by atoms with Gasteiger partial charge in [0.25, 0.3) is 10.0 Å². The van der Waals surface area contributed by atoms with Crippen LogP contribution in [0.2, 0.25) is 0 Å². The largest absolute Gasteiger partial charge is 0.271 e. The summed E-state index contributed by atoms with van der Waals surface area (Å²) < 4.78 is 40.2. The number of fused-ring (bicyclic) bond motifs is 1. The van der Waals surface area contributed by atoms with Crippen LogP contribution in [0.25, 0.3) is 10.9 Å². The third-order valence-corrected chi connectivity index (χ3v) is 4.91. The van der Waals surface area contributed by atoms with E-state index in [1.165, 1.54) is 18.3 Å². The predicted molar refractivity (Wildman–Crippen MR) is 75.7 cm³/mol. The van der Waals surface area contributed by atoms with E-state index < -0.39 is 15.8 Å². The molecule has 20 heavy (non-hydrogen) atoms. The predicted octanol–water partition coefficient (Wildman–Crippen LogP) is 3.33. The van der Waals surface area contributed by atoms with Crippen molar-refractivity contribution in [2.75, 3.05) is 0 Å². The molecule has 3 rings (SSSR count). The summed E-state index contributed by atoms with van der Waals surface area (Å²) in [5.74, 6) is -0.734. The van der Waals surface area contributed by atoms with Crippen LogP contribution >= 0.6 is 0 Å². The van der Waals surface area contributed by atoms with E-state index in [-0.39, 0.29) is 4.90 Å². The van der Waals surface area contributed by atoms with Gasteiger partial charge in [0.2, 0.25) is 0 Å². The number of rotatable bonds is 2. The maximum atomic E-state index is 13.9. The molecule has 1 aromatic heterocycles. The highest BCUT2D eigenvalue weighted by Gasteiger charge is 2.22. The van der Waals surface area contributed by atoms with Crippen LogP contribution in [0.3, 0.4) is 0 Å². The molecule has 1 heterocycles. The Hall–Kier alpha value is -2.14. The summed E-state index contributed by atoms with van der Waals surface area (Å²) in [6.45, 7) is 1.71. The normalized spacial score (nSPS) is 11.9. The fourth-order valence-electron chi connectivity index (χ4n) is 2.19. The zero-order valence-corrected chi connectivity index (χ0v) is 11.6. The van der Waals surface area contributed by atoms with Gasteiger partial charge in [0.1, 0.15) is 10.7 Å². The lowest BCUT2D eigenvalue weighted by atomic mass is 10.2. The van der Waals surface area contributed by atoms with Crippen LogP contribution in [-0.4, -0.2) is 12.4 Å². The number of aromatic nitrogens is 1. The van der Waals surface area contributed by atoms with E-state index in [2.05, 4.69) is 0 Å². The Morgan fingerprint density at radius 1 is 1.05 bits per heavy atom. The molecule has 3 aromatic rings. The minimum absolute atomic E-state index is 0.315. The fourth-order valence-corrected chi connectivity index (χ4v) is 3.59. The molecule has 0 spiro atoms. The van der Waals surface area contributed by atoms with Crippen molar-refractivity contribution in [3.8, 4) is 0 Å². The monoisotopic (exact) mass is 289 g/mol. The van der Waals surface area contributed by atoms with Crippen molar-refractivity contribution in [1.82, 2.24) is 3.97 Å². The van der Waals surface area contributed by atoms with Gasteiger partial charge in [-0.05, 0) is 36.8 Å². The smallest absolute Gasteiger partial charge is 0.241 e. The van der Waals surface area contributed by atoms with Crippen LogP contribution in [0.15, 0.2) is 59.6 Å². The molecule has 0 aliphatic heterocycles. The molecule has 0 radical (unpaired) electrons. The Bertz CT molecular complexity index is 897. The molecule has 3 nitrogen and oxygen atoms in total. The number of para-hydroxylation sites is 1. The molecular formula is C15H12FNO2S. The van der Waals surface area contributed by atoms with E-state index in [4.69, 9.17) is 0 Å². The van der Waals surface area contributed by atoms with E-state index in [0.29, 0.717) is 11.1 Å². The third kappa shape index (κ3) is 1.91. The summed E-state index contributed by atoms with van der Waals surface area (Å²) in [7, 11) is -3.93. The Labute approximate surface area is 116 Å². The summed E-state index contributed by atoms with van der Waals surface area (Å²) in [5.41, 5.74) is 1.21. The zero-order valence-electron chi connectivity index (χ0n) is 10.7. The maximum Gasteiger partial charge on any atom is 0.271 e. The highest BCUT2D eigenvalue weighted by molar-refractivity contribution is 7.90. The molecule has 0 bridgehead atoms. The summed E-state index contributed by atoms with van der Waals surface area (Å²) in [6.07, 6.45) is 1.44. The number of halogens is 1. The molecule has 102 valence electrons. The highest BCUT2D eigenvalue weighted by atomic mass is 32.2. The van der Waals surface area contributed by atoms with Crippen molar-refractivity contribution < 1.29 is 12.8 Å². The van der Waals surface area contributed by atoms with Gasteiger partial charge in [0, 0.05) is 11.6 Å². The molecule has 0 unspecified atom stereocenters. The molecule has 0 atom stereocenters. The second-order valence-electron chi connectivity index (χ2n) is 4.61. The lowest BCUT2D eigenvalue weighted by molar-refractivity contribution is 0.561. The van der Waals surface area contributed by atoms with E-state index in [1.54, 1.807) is 31.2 Å². The van der Waals surface area contributed by atoms with Crippen molar-refractivity contribution in [3.05, 3.63) is 66.1 Å². The quantitative estimate of drug-likeness (QED) is 0.726. The van der Waals surface area contributed by atoms with Gasteiger partial charge in [-0.3, -0.25) is 0 Å². The van der Waals surface area contributed by atoms with E-state index in [0.717, 1.165) is 9.36 Å². The van der Waals surface area contributed by atoms with Gasteiger partial charge in [-0.25, -0.2) is 16.8 Å². The summed E-state index contributed by atoms with van der Waals surface area (Å²) in [4.78, 5) is -0.315. The van der Waals surface area contributed by atoms with Crippen molar-refractivity contribution in [3.63, 3.8) is 0 Å². The topological polar surface area (TPSA) is 39.1 Å². The number of benzene rings is 2. The first-order chi connectivity index (χ1) is 9.50. The van der Waals surface area contributed by atoms with Crippen LogP contribution in [-0.2, 0) is 10.0 Å². The van der Waals surface area contributed by atoms with Gasteiger partial charge in [-0.15, -0.1) is 0 Å². The number of hydrogen-bond donors (Lipinski definition) is 0. The lowest BCUT2D eigenvalue weighted by Crippen LogP contribution is -2.13. The van der Waals surface area contributed by atoms with Crippen LogP contribution in [0.1, 0.15) is 5.56 Å². The van der Waals surface area contributed by atoms with Crippen LogP contribution < -0.4 is 0 Å². The minimum Gasteiger partial charge on any atom is -0.241 e. The van der Waals surface area contributed by atoms with E-state index in [9.17, 15) is 12.8 Å². The van der Waals surface area contributed by atoms with Crippen molar-refractivity contribution in [1.29, 1.82) is 0 Å². The van der Waals surface area contributed by atoms with Crippen LogP contribution in [0.4, 0.5) is 4.39 Å². The summed E-state index contributed by atoms with van der Waals surface area (Å²) in [6, 6.07) is 12.9. The van der Waals surface area contributed by atoms with Gasteiger partial charge >= 0.3 is 0 Å². The first kappa shape index (κ1) is 12.9. The minimum atomic E-state index is -3.93. The zero-order chi connectivity index (χ0) is 14.3. The van der Waals surface area contributed by atoms with Crippen molar-refractivity contribution in [2.24, 2.45) is 0 Å². The summed E-state index contributed by atoms with van der Waals surface area (Å²) in [5, 5.41) is 0.795. The highest BCUT2D eigenvalue weighted by Crippen LogP contribution is 2.24. The lowest BCUT2D eigenvalue weighted by Gasteiger charge is -2.09. The molecular weight excluding hydrogens is 277 g/mol.